The first kappa shape index (κ1) is 17.8. The molecule has 0 aromatic heterocycles. The standard InChI is InChI=1S/C9H6F2I2O6S/c10-9(11,20(16,17)18)3-19-8(15)4-1-5(12)7(14)6(13)2-4/h1-2,14H,3H2,(H,16,17,18). The van der Waals surface area contributed by atoms with E-state index in [0.29, 0.717) is 7.14 Å². The van der Waals surface area contributed by atoms with E-state index in [9.17, 15) is 27.1 Å². The van der Waals surface area contributed by atoms with Crippen molar-refractivity contribution in [1.82, 2.24) is 0 Å². The third kappa shape index (κ3) is 4.11. The number of esters is 1. The second-order valence-corrected chi connectivity index (χ2v) is 7.35. The summed E-state index contributed by atoms with van der Waals surface area (Å²) in [6, 6.07) is 2.37. The molecule has 0 saturated carbocycles. The van der Waals surface area contributed by atoms with E-state index in [4.69, 9.17) is 4.55 Å². The van der Waals surface area contributed by atoms with Crippen LogP contribution in [0, 0.1) is 7.14 Å². The molecule has 0 spiro atoms. The number of carbonyl (C=O) groups is 1. The van der Waals surface area contributed by atoms with Gasteiger partial charge in [0.1, 0.15) is 5.75 Å². The minimum Gasteiger partial charge on any atom is -0.506 e. The minimum absolute atomic E-state index is 0.0778. The Balaban J connectivity index is 2.89. The molecule has 0 aliphatic rings. The van der Waals surface area contributed by atoms with Gasteiger partial charge in [-0.1, -0.05) is 0 Å². The Bertz CT molecular complexity index is 623. The van der Waals surface area contributed by atoms with E-state index < -0.39 is 27.9 Å². The van der Waals surface area contributed by atoms with Crippen molar-refractivity contribution >= 4 is 61.3 Å². The van der Waals surface area contributed by atoms with Crippen molar-refractivity contribution in [2.75, 3.05) is 6.61 Å². The van der Waals surface area contributed by atoms with Gasteiger partial charge in [-0.2, -0.15) is 17.2 Å². The van der Waals surface area contributed by atoms with Crippen molar-refractivity contribution in [3.8, 4) is 5.75 Å². The molecule has 6 nitrogen and oxygen atoms in total. The molecule has 0 atom stereocenters. The number of halogens is 4. The zero-order valence-electron chi connectivity index (χ0n) is 9.31. The Morgan fingerprint density at radius 2 is 1.75 bits per heavy atom. The van der Waals surface area contributed by atoms with E-state index in [0.717, 1.165) is 0 Å². The van der Waals surface area contributed by atoms with Crippen LogP contribution in [0.2, 0.25) is 0 Å². The van der Waals surface area contributed by atoms with Crippen LogP contribution in [-0.2, 0) is 14.9 Å². The van der Waals surface area contributed by atoms with Gasteiger partial charge in [0.05, 0.1) is 12.7 Å². The van der Waals surface area contributed by atoms with Crippen molar-refractivity contribution in [2.24, 2.45) is 0 Å². The molecule has 11 heteroatoms. The number of rotatable bonds is 4. The summed E-state index contributed by atoms with van der Waals surface area (Å²) in [6.07, 6.45) is 0. The van der Waals surface area contributed by atoms with Gasteiger partial charge in [0.25, 0.3) is 0 Å². The first-order valence-corrected chi connectivity index (χ1v) is 8.25. The number of aromatic hydroxyl groups is 1. The largest absolute Gasteiger partial charge is 0.506 e. The van der Waals surface area contributed by atoms with Crippen LogP contribution in [0.4, 0.5) is 8.78 Å². The normalized spacial score (nSPS) is 12.2. The summed E-state index contributed by atoms with van der Waals surface area (Å²) in [7, 11) is -5.66. The second-order valence-electron chi connectivity index (χ2n) is 3.48. The van der Waals surface area contributed by atoms with Crippen LogP contribution in [0.25, 0.3) is 0 Å². The summed E-state index contributed by atoms with van der Waals surface area (Å²) in [5.74, 6) is -1.28. The molecule has 1 rings (SSSR count). The van der Waals surface area contributed by atoms with Crippen molar-refractivity contribution in [3.63, 3.8) is 0 Å². The number of alkyl halides is 2. The van der Waals surface area contributed by atoms with E-state index in [1.54, 1.807) is 45.2 Å². The molecule has 0 saturated heterocycles. The first-order chi connectivity index (χ1) is 8.95. The molecule has 0 amide bonds. The first-order valence-electron chi connectivity index (χ1n) is 4.65. The highest BCUT2D eigenvalue weighted by Gasteiger charge is 2.45. The topological polar surface area (TPSA) is 101 Å². The molecular formula is C9H6F2I2O6S. The Morgan fingerprint density at radius 1 is 1.30 bits per heavy atom. The van der Waals surface area contributed by atoms with Gasteiger partial charge in [0.15, 0.2) is 6.61 Å². The lowest BCUT2D eigenvalue weighted by molar-refractivity contribution is -0.00951. The van der Waals surface area contributed by atoms with Gasteiger partial charge in [-0.15, -0.1) is 0 Å². The van der Waals surface area contributed by atoms with Crippen LogP contribution in [0.3, 0.4) is 0 Å². The smallest absolute Gasteiger partial charge is 0.402 e. The summed E-state index contributed by atoms with van der Waals surface area (Å²) in [6.45, 7) is -1.81. The Morgan fingerprint density at radius 3 is 2.15 bits per heavy atom. The van der Waals surface area contributed by atoms with Crippen LogP contribution in [0.5, 0.6) is 5.75 Å². The van der Waals surface area contributed by atoms with E-state index in [2.05, 4.69) is 4.74 Å². The lowest BCUT2D eigenvalue weighted by Crippen LogP contribution is -2.34. The molecule has 0 radical (unpaired) electrons. The van der Waals surface area contributed by atoms with Crippen molar-refractivity contribution < 1.29 is 36.4 Å². The lowest BCUT2D eigenvalue weighted by atomic mass is 10.2. The zero-order valence-corrected chi connectivity index (χ0v) is 14.4. The molecule has 0 unspecified atom stereocenters. The molecule has 112 valence electrons. The van der Waals surface area contributed by atoms with Crippen molar-refractivity contribution in [3.05, 3.63) is 24.8 Å². The third-order valence-corrected chi connectivity index (χ3v) is 4.52. The molecule has 2 N–H and O–H groups in total. The number of hydrogen-bond donors (Lipinski definition) is 2. The van der Waals surface area contributed by atoms with Gasteiger partial charge < -0.3 is 9.84 Å². The molecule has 0 fully saturated rings. The number of phenolic OH excluding ortho intramolecular Hbond substituents is 1. The number of benzene rings is 1. The maximum Gasteiger partial charge on any atom is 0.402 e. The van der Waals surface area contributed by atoms with Crippen LogP contribution >= 0.6 is 45.2 Å². The fraction of sp³-hybridized carbons (Fsp3) is 0.222. The molecule has 1 aromatic carbocycles. The second kappa shape index (κ2) is 6.23. The third-order valence-electron chi connectivity index (χ3n) is 2.00. The monoisotopic (exact) mass is 534 g/mol. The molecule has 20 heavy (non-hydrogen) atoms. The van der Waals surface area contributed by atoms with Gasteiger partial charge in [-0.05, 0) is 57.3 Å². The summed E-state index contributed by atoms with van der Waals surface area (Å²) >= 11 is 3.44. The summed E-state index contributed by atoms with van der Waals surface area (Å²) in [5, 5.41) is 4.90. The SMILES string of the molecule is O=C(OCC(F)(F)S(=O)(=O)O)c1cc(I)c(O)c(I)c1. The quantitative estimate of drug-likeness (QED) is 0.350. The molecule has 0 aliphatic heterocycles. The van der Waals surface area contributed by atoms with Gasteiger partial charge in [0.2, 0.25) is 0 Å². The van der Waals surface area contributed by atoms with E-state index >= 15 is 0 Å². The minimum atomic E-state index is -5.66. The highest BCUT2D eigenvalue weighted by molar-refractivity contribution is 14.1. The molecule has 0 bridgehead atoms. The van der Waals surface area contributed by atoms with Gasteiger partial charge in [0, 0.05) is 0 Å². The predicted molar refractivity (Wildman–Crippen MR) is 80.3 cm³/mol. The molecule has 1 aromatic rings. The van der Waals surface area contributed by atoms with Crippen LogP contribution in [0.1, 0.15) is 10.4 Å². The Kier molecular flexibility index (Phi) is 5.53. The van der Waals surface area contributed by atoms with Gasteiger partial charge >= 0.3 is 21.3 Å². The highest BCUT2D eigenvalue weighted by atomic mass is 127. The van der Waals surface area contributed by atoms with Gasteiger partial charge in [-0.3, -0.25) is 4.55 Å². The maximum absolute atomic E-state index is 12.9. The van der Waals surface area contributed by atoms with E-state index in [1.807, 2.05) is 0 Å². The fourth-order valence-electron chi connectivity index (χ4n) is 0.991. The number of ether oxygens (including phenoxy) is 1. The Hall–Kier alpha value is -0.280. The molecule has 0 aliphatic carbocycles. The number of carbonyl (C=O) groups excluding carboxylic acids is 1. The average molecular weight is 534 g/mol. The Labute approximate surface area is 139 Å². The average Bonchev–Trinajstić information content (AvgIpc) is 2.31. The fourth-order valence-corrected chi connectivity index (χ4v) is 2.97. The summed E-state index contributed by atoms with van der Waals surface area (Å²) < 4.78 is 59.4. The molecule has 0 heterocycles. The molecular weight excluding hydrogens is 528 g/mol. The highest BCUT2D eigenvalue weighted by Crippen LogP contribution is 2.28. The van der Waals surface area contributed by atoms with E-state index in [1.165, 1.54) is 12.1 Å². The van der Waals surface area contributed by atoms with Gasteiger partial charge in [-0.25, -0.2) is 4.79 Å². The lowest BCUT2D eigenvalue weighted by Gasteiger charge is -2.13. The van der Waals surface area contributed by atoms with Crippen LogP contribution in [-0.4, -0.2) is 35.9 Å². The predicted octanol–water partition coefficient (Wildman–Crippen LogP) is 2.24. The van der Waals surface area contributed by atoms with Crippen molar-refractivity contribution in [2.45, 2.75) is 5.25 Å². The number of phenols is 1. The van der Waals surface area contributed by atoms with Crippen molar-refractivity contribution in [1.29, 1.82) is 0 Å². The summed E-state index contributed by atoms with van der Waals surface area (Å²) in [5.41, 5.74) is -0.136. The van der Waals surface area contributed by atoms with Crippen LogP contribution in [0.15, 0.2) is 12.1 Å². The van der Waals surface area contributed by atoms with Crippen LogP contribution < -0.4 is 0 Å². The summed E-state index contributed by atoms with van der Waals surface area (Å²) in [4.78, 5) is 11.5. The van der Waals surface area contributed by atoms with E-state index in [-0.39, 0.29) is 11.3 Å². The zero-order chi connectivity index (χ0) is 15.7. The number of hydrogen-bond acceptors (Lipinski definition) is 5. The maximum atomic E-state index is 12.9.